The van der Waals surface area contributed by atoms with E-state index in [-0.39, 0.29) is 0 Å². The number of likely N-dealkylation sites (N-methyl/N-ethyl adjacent to an activating group) is 1. The highest BCUT2D eigenvalue weighted by Gasteiger charge is 2.40. The fraction of sp³-hybridized carbons (Fsp3) is 0.440. The van der Waals surface area contributed by atoms with Gasteiger partial charge in [-0.15, -0.1) is 0 Å². The Morgan fingerprint density at radius 2 is 1.49 bits per heavy atom. The van der Waals surface area contributed by atoms with Crippen molar-refractivity contribution in [3.63, 3.8) is 0 Å². The minimum atomic E-state index is -2.74. The van der Waals surface area contributed by atoms with Crippen LogP contribution >= 0.6 is 0 Å². The summed E-state index contributed by atoms with van der Waals surface area (Å²) in [5.74, 6) is -3.28. The number of benzene rings is 1. The molecule has 1 aromatic carbocycles. The van der Waals surface area contributed by atoms with Crippen LogP contribution in [-0.4, -0.2) is 100 Å². The molecule has 12 nitrogen and oxygen atoms in total. The Balaban J connectivity index is 0.000000448. The maximum Gasteiger partial charge on any atom is 0.336 e. The molecule has 0 saturated heterocycles. The van der Waals surface area contributed by atoms with Crippen LogP contribution in [0.15, 0.2) is 42.7 Å². The number of aliphatic hydroxyl groups is 1. The number of ether oxygens (including phenoxy) is 2. The molecule has 0 aliphatic heterocycles. The van der Waals surface area contributed by atoms with E-state index in [2.05, 4.69) is 41.0 Å². The lowest BCUT2D eigenvalue weighted by Crippen LogP contribution is -2.42. The molecule has 0 atom stereocenters. The van der Waals surface area contributed by atoms with Gasteiger partial charge in [0, 0.05) is 44.1 Å². The standard InChI is InChI=1S/C19H27N3O2.C6H8O7/c1-21(2)11-12-22(14-16-7-9-20-10-8-16)15-17-13-18(23-3)5-6-19(17)24-4;7-3(8)1-6(13,5(11)12)2-4(9)10/h5-10,13H,11-12,14-15H2,1-4H3;13H,1-2H2,(H,7,8)(H,9,10)(H,11,12). The number of carboxylic acid groups (broad SMARTS) is 3. The SMILES string of the molecule is COc1ccc(OC)c(CN(CCN(C)C)Cc2ccncc2)c1.O=C(O)CC(O)(CC(=O)O)C(=O)O. The quantitative estimate of drug-likeness (QED) is 0.282. The molecule has 204 valence electrons. The second-order valence-electron chi connectivity index (χ2n) is 8.52. The summed E-state index contributed by atoms with van der Waals surface area (Å²) in [6, 6.07) is 10.1. The van der Waals surface area contributed by atoms with E-state index in [1.807, 2.05) is 30.6 Å². The van der Waals surface area contributed by atoms with E-state index < -0.39 is 36.4 Å². The Morgan fingerprint density at radius 3 is 1.95 bits per heavy atom. The number of rotatable bonds is 14. The molecule has 0 saturated carbocycles. The average Bonchev–Trinajstić information content (AvgIpc) is 2.82. The minimum Gasteiger partial charge on any atom is -0.497 e. The third kappa shape index (κ3) is 11.7. The van der Waals surface area contributed by atoms with Crippen molar-refractivity contribution in [2.24, 2.45) is 0 Å². The molecule has 1 aromatic heterocycles. The molecule has 0 bridgehead atoms. The number of carbonyl (C=O) groups is 3. The molecule has 0 aliphatic rings. The van der Waals surface area contributed by atoms with E-state index in [1.165, 1.54) is 5.56 Å². The molecule has 37 heavy (non-hydrogen) atoms. The van der Waals surface area contributed by atoms with E-state index in [0.29, 0.717) is 0 Å². The molecule has 0 aliphatic carbocycles. The van der Waals surface area contributed by atoms with E-state index in [4.69, 9.17) is 29.9 Å². The van der Waals surface area contributed by atoms with Crippen molar-refractivity contribution >= 4 is 17.9 Å². The fourth-order valence-electron chi connectivity index (χ4n) is 3.26. The summed E-state index contributed by atoms with van der Waals surface area (Å²) in [7, 11) is 7.58. The highest BCUT2D eigenvalue weighted by molar-refractivity contribution is 5.88. The van der Waals surface area contributed by atoms with Crippen molar-refractivity contribution < 1.29 is 44.3 Å². The molecule has 2 aromatic rings. The zero-order valence-corrected chi connectivity index (χ0v) is 21.5. The Kier molecular flexibility index (Phi) is 13.0. The maximum atomic E-state index is 10.3. The van der Waals surface area contributed by atoms with Gasteiger partial charge in [-0.1, -0.05) is 0 Å². The zero-order chi connectivity index (χ0) is 28.0. The topological polar surface area (TPSA) is 170 Å². The van der Waals surface area contributed by atoms with Crippen molar-refractivity contribution in [2.75, 3.05) is 41.4 Å². The van der Waals surface area contributed by atoms with Crippen LogP contribution in [-0.2, 0) is 27.5 Å². The fourth-order valence-corrected chi connectivity index (χ4v) is 3.26. The number of hydrogen-bond acceptors (Lipinski definition) is 9. The van der Waals surface area contributed by atoms with Gasteiger partial charge in [0.1, 0.15) is 11.5 Å². The molecule has 0 unspecified atom stereocenters. The lowest BCUT2D eigenvalue weighted by Gasteiger charge is -2.25. The summed E-state index contributed by atoms with van der Waals surface area (Å²) in [6.45, 7) is 3.64. The third-order valence-corrected chi connectivity index (χ3v) is 5.19. The summed E-state index contributed by atoms with van der Waals surface area (Å²) in [4.78, 5) is 39.2. The van der Waals surface area contributed by atoms with Gasteiger partial charge in [-0.05, 0) is 50.0 Å². The number of nitrogens with zero attached hydrogens (tertiary/aromatic N) is 3. The van der Waals surface area contributed by atoms with Gasteiger partial charge in [0.05, 0.1) is 27.1 Å². The lowest BCUT2D eigenvalue weighted by molar-refractivity contribution is -0.170. The van der Waals surface area contributed by atoms with E-state index >= 15 is 0 Å². The van der Waals surface area contributed by atoms with Crippen LogP contribution in [0.25, 0.3) is 0 Å². The monoisotopic (exact) mass is 521 g/mol. The second kappa shape index (κ2) is 15.4. The highest BCUT2D eigenvalue weighted by Crippen LogP contribution is 2.25. The number of carboxylic acids is 3. The van der Waals surface area contributed by atoms with Crippen LogP contribution in [0.5, 0.6) is 11.5 Å². The molecular weight excluding hydrogens is 486 g/mol. The van der Waals surface area contributed by atoms with Crippen LogP contribution in [0.2, 0.25) is 0 Å². The van der Waals surface area contributed by atoms with Gasteiger partial charge >= 0.3 is 17.9 Å². The molecule has 12 heteroatoms. The minimum absolute atomic E-state index is 0.802. The van der Waals surface area contributed by atoms with Gasteiger partial charge in [0.25, 0.3) is 0 Å². The Morgan fingerprint density at radius 1 is 0.892 bits per heavy atom. The van der Waals surface area contributed by atoms with Crippen LogP contribution in [0, 0.1) is 0 Å². The molecular formula is C25H35N3O9. The summed E-state index contributed by atoms with van der Waals surface area (Å²) in [6.07, 6.45) is 1.39. The lowest BCUT2D eigenvalue weighted by atomic mass is 9.96. The molecule has 2 rings (SSSR count). The maximum absolute atomic E-state index is 10.3. The summed E-state index contributed by atoms with van der Waals surface area (Å²) >= 11 is 0. The van der Waals surface area contributed by atoms with Gasteiger partial charge in [0.2, 0.25) is 0 Å². The predicted octanol–water partition coefficient (Wildman–Crippen LogP) is 1.41. The summed E-state index contributed by atoms with van der Waals surface area (Å²) in [5.41, 5.74) is -0.354. The number of pyridine rings is 1. The average molecular weight is 522 g/mol. The number of aromatic nitrogens is 1. The summed E-state index contributed by atoms with van der Waals surface area (Å²) in [5, 5.41) is 33.8. The molecule has 0 spiro atoms. The second-order valence-corrected chi connectivity index (χ2v) is 8.52. The number of aliphatic carboxylic acids is 3. The molecule has 0 radical (unpaired) electrons. The molecule has 0 amide bonds. The normalized spacial score (nSPS) is 11.0. The number of methoxy groups -OCH3 is 2. The first-order valence-electron chi connectivity index (χ1n) is 11.3. The molecule has 1 heterocycles. The van der Waals surface area contributed by atoms with Crippen molar-refractivity contribution in [3.8, 4) is 11.5 Å². The summed E-state index contributed by atoms with van der Waals surface area (Å²) < 4.78 is 10.9. The van der Waals surface area contributed by atoms with Gasteiger partial charge in [-0.2, -0.15) is 0 Å². The smallest absolute Gasteiger partial charge is 0.336 e. The van der Waals surface area contributed by atoms with Crippen LogP contribution in [0.3, 0.4) is 0 Å². The molecule has 0 fully saturated rings. The van der Waals surface area contributed by atoms with Crippen molar-refractivity contribution in [2.45, 2.75) is 31.5 Å². The first-order chi connectivity index (χ1) is 17.4. The Hall–Kier alpha value is -3.74. The van der Waals surface area contributed by atoms with E-state index in [0.717, 1.165) is 43.2 Å². The first-order valence-corrected chi connectivity index (χ1v) is 11.3. The zero-order valence-electron chi connectivity index (χ0n) is 21.5. The first kappa shape index (κ1) is 31.3. The third-order valence-electron chi connectivity index (χ3n) is 5.19. The largest absolute Gasteiger partial charge is 0.497 e. The van der Waals surface area contributed by atoms with E-state index in [1.54, 1.807) is 14.2 Å². The van der Waals surface area contributed by atoms with Crippen molar-refractivity contribution in [3.05, 3.63) is 53.9 Å². The number of hydrogen-bond donors (Lipinski definition) is 4. The van der Waals surface area contributed by atoms with Crippen LogP contribution < -0.4 is 9.47 Å². The predicted molar refractivity (Wildman–Crippen MR) is 134 cm³/mol. The Bertz CT molecular complexity index is 1000. The Labute approximate surface area is 215 Å². The van der Waals surface area contributed by atoms with Gasteiger partial charge in [0.15, 0.2) is 5.60 Å². The van der Waals surface area contributed by atoms with Crippen LogP contribution in [0.1, 0.15) is 24.0 Å². The van der Waals surface area contributed by atoms with E-state index in [9.17, 15) is 14.4 Å². The van der Waals surface area contributed by atoms with Crippen molar-refractivity contribution in [1.82, 2.24) is 14.8 Å². The highest BCUT2D eigenvalue weighted by atomic mass is 16.5. The van der Waals surface area contributed by atoms with Gasteiger partial charge < -0.3 is 34.8 Å². The molecule has 4 N–H and O–H groups in total. The van der Waals surface area contributed by atoms with Gasteiger partial charge in [-0.25, -0.2) is 4.79 Å². The van der Waals surface area contributed by atoms with Crippen molar-refractivity contribution in [1.29, 1.82) is 0 Å². The van der Waals surface area contributed by atoms with Gasteiger partial charge in [-0.3, -0.25) is 19.5 Å². The van der Waals surface area contributed by atoms with Crippen LogP contribution in [0.4, 0.5) is 0 Å².